The number of nitrogens with zero attached hydrogens (tertiary/aromatic N) is 1. The number of benzene rings is 1. The molecule has 0 aliphatic carbocycles. The van der Waals surface area contributed by atoms with Crippen LogP contribution in [-0.2, 0) is 0 Å². The maximum absolute atomic E-state index is 12.0. The Kier molecular flexibility index (Phi) is 2.64. The lowest BCUT2D eigenvalue weighted by molar-refractivity contribution is 0.0924. The van der Waals surface area contributed by atoms with Gasteiger partial charge in [-0.3, -0.25) is 4.79 Å². The lowest BCUT2D eigenvalue weighted by atomic mass is 9.97. The van der Waals surface area contributed by atoms with Crippen molar-refractivity contribution in [2.24, 2.45) is 5.92 Å². The molecule has 1 atom stereocenters. The Hall–Kier alpha value is -1.15. The number of ketones is 1. The van der Waals surface area contributed by atoms with Gasteiger partial charge in [-0.2, -0.15) is 0 Å². The fourth-order valence-corrected chi connectivity index (χ4v) is 1.94. The van der Waals surface area contributed by atoms with Gasteiger partial charge in [-0.05, 0) is 26.1 Å². The van der Waals surface area contributed by atoms with Gasteiger partial charge >= 0.3 is 0 Å². The van der Waals surface area contributed by atoms with E-state index in [4.69, 9.17) is 0 Å². The van der Waals surface area contributed by atoms with Gasteiger partial charge in [0.2, 0.25) is 0 Å². The summed E-state index contributed by atoms with van der Waals surface area (Å²) >= 11 is 0. The van der Waals surface area contributed by atoms with Gasteiger partial charge in [-0.1, -0.05) is 24.3 Å². The van der Waals surface area contributed by atoms with E-state index in [-0.39, 0.29) is 11.7 Å². The van der Waals surface area contributed by atoms with Crippen LogP contribution in [0.5, 0.6) is 0 Å². The van der Waals surface area contributed by atoms with Crippen LogP contribution in [0.3, 0.4) is 0 Å². The molecule has 1 aromatic rings. The summed E-state index contributed by atoms with van der Waals surface area (Å²) in [5, 5.41) is 0. The van der Waals surface area contributed by atoms with Crippen LogP contribution in [0.15, 0.2) is 24.3 Å². The maximum Gasteiger partial charge on any atom is 0.167 e. The van der Waals surface area contributed by atoms with E-state index in [1.807, 2.05) is 12.1 Å². The van der Waals surface area contributed by atoms with Crippen LogP contribution >= 0.6 is 0 Å². The third-order valence-corrected chi connectivity index (χ3v) is 2.76. The van der Waals surface area contributed by atoms with E-state index in [9.17, 15) is 4.79 Å². The summed E-state index contributed by atoms with van der Waals surface area (Å²) in [5.41, 5.74) is 0.823. The van der Waals surface area contributed by atoms with Crippen LogP contribution < -0.4 is 0 Å². The highest BCUT2D eigenvalue weighted by Crippen LogP contribution is 2.19. The van der Waals surface area contributed by atoms with E-state index in [0.29, 0.717) is 0 Å². The van der Waals surface area contributed by atoms with Crippen molar-refractivity contribution in [3.63, 3.8) is 0 Å². The molecular weight excluding hydrogens is 174 g/mol. The average Bonchev–Trinajstić information content (AvgIpc) is 2.65. The minimum Gasteiger partial charge on any atom is -0.306 e. The standard InChI is InChI=1S/C12H14NO/c1-13-8-7-11(9-13)12(14)10-5-3-2-4-6-10/h3-6,11H,7-9H2,1H3. The third-order valence-electron chi connectivity index (χ3n) is 2.76. The molecule has 0 aromatic heterocycles. The van der Waals surface area contributed by atoms with Crippen molar-refractivity contribution in [3.05, 3.63) is 35.9 Å². The SMILES string of the molecule is CN1CCC(C(=O)c2cc[c]cc2)C1. The zero-order chi connectivity index (χ0) is 9.97. The van der Waals surface area contributed by atoms with Gasteiger partial charge in [0.15, 0.2) is 5.78 Å². The van der Waals surface area contributed by atoms with E-state index < -0.39 is 0 Å². The Labute approximate surface area is 84.5 Å². The summed E-state index contributed by atoms with van der Waals surface area (Å²) in [6.45, 7) is 1.94. The maximum atomic E-state index is 12.0. The number of hydrogen-bond acceptors (Lipinski definition) is 2. The topological polar surface area (TPSA) is 20.3 Å². The van der Waals surface area contributed by atoms with Gasteiger partial charge in [0.1, 0.15) is 0 Å². The first kappa shape index (κ1) is 9.41. The molecule has 2 heteroatoms. The first-order valence-electron chi connectivity index (χ1n) is 4.96. The smallest absolute Gasteiger partial charge is 0.167 e. The zero-order valence-electron chi connectivity index (χ0n) is 8.36. The third kappa shape index (κ3) is 1.85. The van der Waals surface area contributed by atoms with Crippen LogP contribution in [0.2, 0.25) is 0 Å². The molecule has 1 unspecified atom stereocenters. The Bertz CT molecular complexity index is 320. The number of carbonyl (C=O) groups excluding carboxylic acids is 1. The normalized spacial score (nSPS) is 22.5. The first-order valence-corrected chi connectivity index (χ1v) is 4.96. The number of hydrogen-bond donors (Lipinski definition) is 0. The molecule has 73 valence electrons. The molecule has 0 spiro atoms. The van der Waals surface area contributed by atoms with Crippen molar-refractivity contribution in [2.75, 3.05) is 20.1 Å². The van der Waals surface area contributed by atoms with Crippen LogP contribution in [-0.4, -0.2) is 30.8 Å². The predicted molar refractivity (Wildman–Crippen MR) is 55.2 cm³/mol. The second-order valence-corrected chi connectivity index (χ2v) is 3.90. The summed E-state index contributed by atoms with van der Waals surface area (Å²) in [6, 6.07) is 10.2. The number of carbonyl (C=O) groups is 1. The van der Waals surface area contributed by atoms with E-state index in [2.05, 4.69) is 18.0 Å². The Morgan fingerprint density at radius 3 is 2.79 bits per heavy atom. The molecule has 0 bridgehead atoms. The molecule has 0 saturated carbocycles. The van der Waals surface area contributed by atoms with Gasteiger partial charge in [0.25, 0.3) is 0 Å². The van der Waals surface area contributed by atoms with Crippen molar-refractivity contribution in [1.29, 1.82) is 0 Å². The molecule has 1 aliphatic heterocycles. The number of rotatable bonds is 2. The molecule has 1 aromatic carbocycles. The minimum absolute atomic E-state index is 0.197. The van der Waals surface area contributed by atoms with Crippen molar-refractivity contribution in [1.82, 2.24) is 4.90 Å². The van der Waals surface area contributed by atoms with Gasteiger partial charge in [-0.25, -0.2) is 0 Å². The quantitative estimate of drug-likeness (QED) is 0.657. The molecule has 1 saturated heterocycles. The Morgan fingerprint density at radius 2 is 2.21 bits per heavy atom. The van der Waals surface area contributed by atoms with E-state index >= 15 is 0 Å². The molecule has 0 amide bonds. The number of likely N-dealkylation sites (tertiary alicyclic amines) is 1. The summed E-state index contributed by atoms with van der Waals surface area (Å²) < 4.78 is 0. The largest absolute Gasteiger partial charge is 0.306 e. The second kappa shape index (κ2) is 3.93. The monoisotopic (exact) mass is 188 g/mol. The molecule has 2 nitrogen and oxygen atoms in total. The van der Waals surface area contributed by atoms with Crippen molar-refractivity contribution < 1.29 is 4.79 Å². The van der Waals surface area contributed by atoms with Gasteiger partial charge in [-0.15, -0.1) is 0 Å². The second-order valence-electron chi connectivity index (χ2n) is 3.90. The molecule has 2 rings (SSSR count). The molecule has 1 fully saturated rings. The highest BCUT2D eigenvalue weighted by molar-refractivity contribution is 5.98. The minimum atomic E-state index is 0.197. The molecule has 0 N–H and O–H groups in total. The molecule has 1 aliphatic rings. The molecule has 1 radical (unpaired) electrons. The summed E-state index contributed by atoms with van der Waals surface area (Å²) in [5.74, 6) is 0.478. The highest BCUT2D eigenvalue weighted by atomic mass is 16.1. The molecule has 1 heterocycles. The van der Waals surface area contributed by atoms with Crippen LogP contribution in [0.1, 0.15) is 16.8 Å². The van der Waals surface area contributed by atoms with E-state index in [1.165, 1.54) is 0 Å². The lowest BCUT2D eigenvalue weighted by Gasteiger charge is -2.08. The zero-order valence-corrected chi connectivity index (χ0v) is 8.36. The van der Waals surface area contributed by atoms with Crippen LogP contribution in [0, 0.1) is 12.0 Å². The number of Topliss-reactive ketones (excluding diaryl/α,β-unsaturated/α-hetero) is 1. The Morgan fingerprint density at radius 1 is 1.50 bits per heavy atom. The summed E-state index contributed by atoms with van der Waals surface area (Å²) in [4.78, 5) is 14.2. The van der Waals surface area contributed by atoms with Crippen molar-refractivity contribution in [2.45, 2.75) is 6.42 Å². The first-order chi connectivity index (χ1) is 6.77. The Balaban J connectivity index is 2.10. The molecular formula is C12H14NO. The van der Waals surface area contributed by atoms with Gasteiger partial charge < -0.3 is 4.90 Å². The fraction of sp³-hybridized carbons (Fsp3) is 0.417. The fourth-order valence-electron chi connectivity index (χ4n) is 1.94. The summed E-state index contributed by atoms with van der Waals surface area (Å²) in [7, 11) is 2.06. The highest BCUT2D eigenvalue weighted by Gasteiger charge is 2.26. The van der Waals surface area contributed by atoms with E-state index in [0.717, 1.165) is 25.1 Å². The van der Waals surface area contributed by atoms with Crippen LogP contribution in [0.4, 0.5) is 0 Å². The van der Waals surface area contributed by atoms with Crippen LogP contribution in [0.25, 0.3) is 0 Å². The average molecular weight is 188 g/mol. The van der Waals surface area contributed by atoms with Crippen molar-refractivity contribution in [3.8, 4) is 0 Å². The van der Waals surface area contributed by atoms with E-state index in [1.54, 1.807) is 12.1 Å². The summed E-state index contributed by atoms with van der Waals surface area (Å²) in [6.07, 6.45) is 0.994. The van der Waals surface area contributed by atoms with Gasteiger partial charge in [0, 0.05) is 18.0 Å². The predicted octanol–water partition coefficient (Wildman–Crippen LogP) is 1.62. The molecule has 14 heavy (non-hydrogen) atoms. The lowest BCUT2D eigenvalue weighted by Crippen LogP contribution is -2.19. The van der Waals surface area contributed by atoms with Crippen molar-refractivity contribution >= 4 is 5.78 Å². The van der Waals surface area contributed by atoms with Gasteiger partial charge in [0.05, 0.1) is 0 Å².